The molecule has 0 aliphatic carbocycles. The molecule has 0 bridgehead atoms. The second-order valence-electron chi connectivity index (χ2n) is 15.8. The van der Waals surface area contributed by atoms with Gasteiger partial charge in [0.2, 0.25) is 0 Å². The molecular formula is C48H84O6. The molecule has 54 heavy (non-hydrogen) atoms. The fraction of sp³-hybridized carbons (Fsp3) is 0.812. The minimum absolute atomic E-state index is 0.184. The van der Waals surface area contributed by atoms with Crippen LogP contribution >= 0.6 is 0 Å². The Hall–Kier alpha value is -2.37. The second-order valence-corrected chi connectivity index (χ2v) is 15.8. The van der Waals surface area contributed by atoms with Crippen LogP contribution in [0.2, 0.25) is 0 Å². The number of benzene rings is 1. The number of ether oxygens (including phenoxy) is 3. The smallest absolute Gasteiger partial charge is 0.338 e. The largest absolute Gasteiger partial charge is 0.462 e. The van der Waals surface area contributed by atoms with E-state index < -0.39 is 17.9 Å². The first-order chi connectivity index (χ1) is 26.5. The number of carbonyl (C=O) groups excluding carboxylic acids is 3. The normalized spacial score (nSPS) is 11.2. The molecule has 0 fully saturated rings. The van der Waals surface area contributed by atoms with Crippen molar-refractivity contribution in [3.63, 3.8) is 0 Å². The van der Waals surface area contributed by atoms with Crippen LogP contribution in [-0.4, -0.2) is 37.7 Å². The number of carbonyl (C=O) groups is 3. The molecule has 0 radical (unpaired) electrons. The maximum absolute atomic E-state index is 13.1. The zero-order chi connectivity index (χ0) is 39.2. The third kappa shape index (κ3) is 29.0. The van der Waals surface area contributed by atoms with Gasteiger partial charge >= 0.3 is 17.9 Å². The first kappa shape index (κ1) is 49.6. The minimum Gasteiger partial charge on any atom is -0.462 e. The molecular weight excluding hydrogens is 673 g/mol. The highest BCUT2D eigenvalue weighted by molar-refractivity contribution is 6.00. The summed E-state index contributed by atoms with van der Waals surface area (Å²) in [6.45, 7) is 7.72. The van der Waals surface area contributed by atoms with Crippen molar-refractivity contribution in [1.29, 1.82) is 0 Å². The van der Waals surface area contributed by atoms with E-state index in [1.165, 1.54) is 172 Å². The molecule has 6 heteroatoms. The van der Waals surface area contributed by atoms with Crippen LogP contribution in [0.15, 0.2) is 18.2 Å². The van der Waals surface area contributed by atoms with Crippen LogP contribution in [-0.2, 0) is 14.2 Å². The Morgan fingerprint density at radius 1 is 0.296 bits per heavy atom. The molecule has 1 aromatic carbocycles. The number of rotatable bonds is 39. The lowest BCUT2D eigenvalue weighted by molar-refractivity contribution is 0.0494. The molecule has 0 amide bonds. The summed E-state index contributed by atoms with van der Waals surface area (Å²) in [5.41, 5.74) is 0.552. The monoisotopic (exact) mass is 757 g/mol. The highest BCUT2D eigenvalue weighted by Gasteiger charge is 2.19. The van der Waals surface area contributed by atoms with Crippen molar-refractivity contribution < 1.29 is 28.6 Å². The van der Waals surface area contributed by atoms with Gasteiger partial charge in [-0.25, -0.2) is 14.4 Å². The van der Waals surface area contributed by atoms with Gasteiger partial charge in [0.25, 0.3) is 0 Å². The number of hydrogen-bond donors (Lipinski definition) is 0. The predicted molar refractivity (Wildman–Crippen MR) is 227 cm³/mol. The standard InChI is InChI=1S/C48H84O6/c1-4-7-10-13-16-19-22-25-28-31-34-37-52-46(49)43-40-44(47(50)53-38-35-32-29-26-23-20-17-14-11-8-5-2)42-45(41-43)48(51)54-39-36-33-30-27-24-21-18-15-12-9-6-3/h40-42H,4-39H2,1-3H3. The van der Waals surface area contributed by atoms with E-state index in [9.17, 15) is 14.4 Å². The predicted octanol–water partition coefficient (Wildman–Crippen LogP) is 15.1. The van der Waals surface area contributed by atoms with E-state index in [0.717, 1.165) is 57.8 Å². The van der Waals surface area contributed by atoms with Crippen LogP contribution in [0.3, 0.4) is 0 Å². The van der Waals surface area contributed by atoms with Gasteiger partial charge in [-0.1, -0.05) is 213 Å². The Morgan fingerprint density at radius 3 is 0.648 bits per heavy atom. The van der Waals surface area contributed by atoms with E-state index in [0.29, 0.717) is 19.8 Å². The summed E-state index contributed by atoms with van der Waals surface area (Å²) in [7, 11) is 0. The molecule has 0 spiro atoms. The van der Waals surface area contributed by atoms with Crippen LogP contribution in [0, 0.1) is 0 Å². The molecule has 0 aliphatic heterocycles. The Labute approximate surface area is 333 Å². The maximum Gasteiger partial charge on any atom is 0.338 e. The minimum atomic E-state index is -0.526. The fourth-order valence-corrected chi connectivity index (χ4v) is 7.02. The van der Waals surface area contributed by atoms with E-state index in [2.05, 4.69) is 20.8 Å². The molecule has 0 saturated carbocycles. The van der Waals surface area contributed by atoms with Gasteiger partial charge in [0, 0.05) is 0 Å². The SMILES string of the molecule is CCCCCCCCCCCCCOC(=O)c1cc(C(=O)OCCCCCCCCCCCCC)cc(C(=O)OCCCCCCCCCCCCC)c1. The van der Waals surface area contributed by atoms with Gasteiger partial charge < -0.3 is 14.2 Å². The molecule has 1 rings (SSSR count). The zero-order valence-corrected chi connectivity index (χ0v) is 35.6. The van der Waals surface area contributed by atoms with Crippen molar-refractivity contribution in [2.45, 2.75) is 233 Å². The third-order valence-electron chi connectivity index (χ3n) is 10.6. The van der Waals surface area contributed by atoms with Gasteiger partial charge in [-0.15, -0.1) is 0 Å². The Balaban J connectivity index is 2.53. The molecule has 0 aliphatic rings. The van der Waals surface area contributed by atoms with E-state index in [1.807, 2.05) is 0 Å². The number of esters is 3. The van der Waals surface area contributed by atoms with Crippen molar-refractivity contribution in [1.82, 2.24) is 0 Å². The average molecular weight is 757 g/mol. The summed E-state index contributed by atoms with van der Waals surface area (Å²) in [6, 6.07) is 4.48. The van der Waals surface area contributed by atoms with Crippen LogP contribution in [0.4, 0.5) is 0 Å². The summed E-state index contributed by atoms with van der Waals surface area (Å²) in [6.07, 6.45) is 40.3. The molecule has 312 valence electrons. The molecule has 0 heterocycles. The lowest BCUT2D eigenvalue weighted by Crippen LogP contribution is -2.14. The zero-order valence-electron chi connectivity index (χ0n) is 35.6. The molecule has 0 saturated heterocycles. The molecule has 6 nitrogen and oxygen atoms in total. The number of hydrogen-bond acceptors (Lipinski definition) is 6. The highest BCUT2D eigenvalue weighted by atomic mass is 16.5. The van der Waals surface area contributed by atoms with Crippen molar-refractivity contribution in [3.05, 3.63) is 34.9 Å². The van der Waals surface area contributed by atoms with E-state index in [-0.39, 0.29) is 16.7 Å². The average Bonchev–Trinajstić information content (AvgIpc) is 3.18. The van der Waals surface area contributed by atoms with Crippen molar-refractivity contribution in [2.24, 2.45) is 0 Å². The van der Waals surface area contributed by atoms with E-state index in [4.69, 9.17) is 14.2 Å². The lowest BCUT2D eigenvalue weighted by Gasteiger charge is -2.11. The summed E-state index contributed by atoms with van der Waals surface area (Å²) >= 11 is 0. The molecule has 0 unspecified atom stereocenters. The van der Waals surface area contributed by atoms with Crippen LogP contribution < -0.4 is 0 Å². The Morgan fingerprint density at radius 2 is 0.463 bits per heavy atom. The molecule has 0 aromatic heterocycles. The summed E-state index contributed by atoms with van der Waals surface area (Å²) in [5.74, 6) is -1.58. The molecule has 1 aromatic rings. The summed E-state index contributed by atoms with van der Waals surface area (Å²) in [4.78, 5) is 39.3. The summed E-state index contributed by atoms with van der Waals surface area (Å²) < 4.78 is 16.8. The van der Waals surface area contributed by atoms with Gasteiger partial charge in [-0.3, -0.25) is 0 Å². The van der Waals surface area contributed by atoms with Gasteiger partial charge in [0.05, 0.1) is 36.5 Å². The van der Waals surface area contributed by atoms with Crippen LogP contribution in [0.1, 0.15) is 264 Å². The summed E-state index contributed by atoms with van der Waals surface area (Å²) in [5, 5.41) is 0. The molecule has 0 atom stereocenters. The Bertz CT molecular complexity index is 895. The number of unbranched alkanes of at least 4 members (excludes halogenated alkanes) is 30. The third-order valence-corrected chi connectivity index (χ3v) is 10.6. The second kappa shape index (κ2) is 37.5. The molecule has 0 N–H and O–H groups in total. The first-order valence-electron chi connectivity index (χ1n) is 23.2. The maximum atomic E-state index is 13.1. The van der Waals surface area contributed by atoms with Gasteiger partial charge in [-0.2, -0.15) is 0 Å². The highest BCUT2D eigenvalue weighted by Crippen LogP contribution is 2.18. The Kier molecular flexibility index (Phi) is 34.5. The van der Waals surface area contributed by atoms with Gasteiger partial charge in [-0.05, 0) is 37.5 Å². The first-order valence-corrected chi connectivity index (χ1v) is 23.2. The van der Waals surface area contributed by atoms with Gasteiger partial charge in [0.15, 0.2) is 0 Å². The van der Waals surface area contributed by atoms with Crippen molar-refractivity contribution >= 4 is 17.9 Å². The van der Waals surface area contributed by atoms with Crippen LogP contribution in [0.25, 0.3) is 0 Å². The van der Waals surface area contributed by atoms with Crippen molar-refractivity contribution in [3.8, 4) is 0 Å². The van der Waals surface area contributed by atoms with E-state index in [1.54, 1.807) is 0 Å². The quantitative estimate of drug-likeness (QED) is 0.0378. The fourth-order valence-electron chi connectivity index (χ4n) is 7.02. The van der Waals surface area contributed by atoms with Crippen molar-refractivity contribution in [2.75, 3.05) is 19.8 Å². The lowest BCUT2D eigenvalue weighted by atomic mass is 10.1. The van der Waals surface area contributed by atoms with Gasteiger partial charge in [0.1, 0.15) is 0 Å². The van der Waals surface area contributed by atoms with Crippen LogP contribution in [0.5, 0.6) is 0 Å². The topological polar surface area (TPSA) is 78.9 Å². The van der Waals surface area contributed by atoms with E-state index >= 15 is 0 Å².